The summed E-state index contributed by atoms with van der Waals surface area (Å²) >= 11 is 0. The zero-order chi connectivity index (χ0) is 8.69. The van der Waals surface area contributed by atoms with Gasteiger partial charge in [-0.15, -0.1) is 0 Å². The van der Waals surface area contributed by atoms with Gasteiger partial charge in [0.1, 0.15) is 6.61 Å². The van der Waals surface area contributed by atoms with Crippen LogP contribution in [0.15, 0.2) is 0 Å². The molecule has 0 aromatic rings. The molecule has 0 aliphatic heterocycles. The minimum atomic E-state index is -2.44. The first-order valence-corrected chi connectivity index (χ1v) is 3.24. The van der Waals surface area contributed by atoms with Crippen LogP contribution < -0.4 is 0 Å². The Labute approximate surface area is 63.3 Å². The number of carbonyl (C=O) groups is 1. The van der Waals surface area contributed by atoms with Gasteiger partial charge in [0.2, 0.25) is 6.43 Å². The molecule has 3 nitrogen and oxygen atoms in total. The van der Waals surface area contributed by atoms with Crippen LogP contribution in [0.1, 0.15) is 13.3 Å². The standard InChI is InChI=1S/C6H10F2O3/c1-2-10-6(9)11-4-3-5(7)8/h5H,2-4H2,1H3. The number of alkyl halides is 2. The molecule has 0 radical (unpaired) electrons. The van der Waals surface area contributed by atoms with Crippen LogP contribution >= 0.6 is 0 Å². The smallest absolute Gasteiger partial charge is 0.435 e. The highest BCUT2D eigenvalue weighted by atomic mass is 19.3. The number of rotatable bonds is 4. The van der Waals surface area contributed by atoms with E-state index in [1.54, 1.807) is 6.92 Å². The van der Waals surface area contributed by atoms with E-state index >= 15 is 0 Å². The fraction of sp³-hybridized carbons (Fsp3) is 0.833. The quantitative estimate of drug-likeness (QED) is 0.600. The van der Waals surface area contributed by atoms with Crippen molar-refractivity contribution in [1.82, 2.24) is 0 Å². The van der Waals surface area contributed by atoms with Gasteiger partial charge in [-0.05, 0) is 6.92 Å². The summed E-state index contributed by atoms with van der Waals surface area (Å²) in [6.07, 6.45) is -3.78. The van der Waals surface area contributed by atoms with Crippen molar-refractivity contribution in [3.8, 4) is 0 Å². The molecule has 0 unspecified atom stereocenters. The average Bonchev–Trinajstić information content (AvgIpc) is 1.87. The van der Waals surface area contributed by atoms with Crippen molar-refractivity contribution >= 4 is 6.16 Å². The summed E-state index contributed by atoms with van der Waals surface area (Å²) in [4.78, 5) is 10.3. The van der Waals surface area contributed by atoms with Gasteiger partial charge < -0.3 is 9.47 Å². The maximum Gasteiger partial charge on any atom is 0.508 e. The van der Waals surface area contributed by atoms with E-state index in [4.69, 9.17) is 0 Å². The molecule has 0 bridgehead atoms. The molecule has 0 rings (SSSR count). The zero-order valence-corrected chi connectivity index (χ0v) is 6.18. The summed E-state index contributed by atoms with van der Waals surface area (Å²) in [5.74, 6) is 0. The molecule has 5 heteroatoms. The van der Waals surface area contributed by atoms with Gasteiger partial charge in [0.25, 0.3) is 0 Å². The minimum absolute atomic E-state index is 0.188. The van der Waals surface area contributed by atoms with Crippen molar-refractivity contribution in [2.24, 2.45) is 0 Å². The number of ether oxygens (including phenoxy) is 2. The van der Waals surface area contributed by atoms with Crippen molar-refractivity contribution in [1.29, 1.82) is 0 Å². The summed E-state index contributed by atoms with van der Waals surface area (Å²) < 4.78 is 31.4. The van der Waals surface area contributed by atoms with Crippen LogP contribution in [0.3, 0.4) is 0 Å². The van der Waals surface area contributed by atoms with Crippen LogP contribution in [-0.4, -0.2) is 25.8 Å². The Bertz CT molecular complexity index is 116. The Morgan fingerprint density at radius 1 is 1.45 bits per heavy atom. The zero-order valence-electron chi connectivity index (χ0n) is 6.18. The Morgan fingerprint density at radius 3 is 2.55 bits per heavy atom. The van der Waals surface area contributed by atoms with Crippen LogP contribution in [0.2, 0.25) is 0 Å². The van der Waals surface area contributed by atoms with E-state index in [0.717, 1.165) is 0 Å². The third-order valence-electron chi connectivity index (χ3n) is 0.818. The highest BCUT2D eigenvalue weighted by molar-refractivity contribution is 5.59. The lowest BCUT2D eigenvalue weighted by atomic mass is 10.5. The van der Waals surface area contributed by atoms with Crippen molar-refractivity contribution < 1.29 is 23.0 Å². The Morgan fingerprint density at radius 2 is 2.09 bits per heavy atom. The molecule has 0 aliphatic carbocycles. The van der Waals surface area contributed by atoms with E-state index in [1.165, 1.54) is 0 Å². The summed E-state index contributed by atoms with van der Waals surface area (Å²) in [6.45, 7) is 1.50. The number of carbonyl (C=O) groups excluding carboxylic acids is 1. The molecule has 66 valence electrons. The predicted molar refractivity (Wildman–Crippen MR) is 33.6 cm³/mol. The normalized spacial score (nSPS) is 9.82. The number of hydrogen-bond acceptors (Lipinski definition) is 3. The van der Waals surface area contributed by atoms with E-state index in [1.807, 2.05) is 0 Å². The van der Waals surface area contributed by atoms with Gasteiger partial charge in [-0.2, -0.15) is 0 Å². The lowest BCUT2D eigenvalue weighted by Gasteiger charge is -2.02. The second kappa shape index (κ2) is 5.88. The summed E-state index contributed by atoms with van der Waals surface area (Å²) in [7, 11) is 0. The van der Waals surface area contributed by atoms with Gasteiger partial charge in [-0.25, -0.2) is 13.6 Å². The van der Waals surface area contributed by atoms with Gasteiger partial charge in [0.15, 0.2) is 0 Å². The summed E-state index contributed by atoms with van der Waals surface area (Å²) in [5, 5.41) is 0. The van der Waals surface area contributed by atoms with E-state index in [2.05, 4.69) is 9.47 Å². The third kappa shape index (κ3) is 7.02. The maximum atomic E-state index is 11.4. The summed E-state index contributed by atoms with van der Waals surface area (Å²) in [5.41, 5.74) is 0. The first-order chi connectivity index (χ1) is 5.16. The van der Waals surface area contributed by atoms with E-state index in [-0.39, 0.29) is 13.2 Å². The van der Waals surface area contributed by atoms with E-state index in [9.17, 15) is 13.6 Å². The van der Waals surface area contributed by atoms with Crippen molar-refractivity contribution in [2.45, 2.75) is 19.8 Å². The average molecular weight is 168 g/mol. The van der Waals surface area contributed by atoms with Crippen molar-refractivity contribution in [3.63, 3.8) is 0 Å². The lowest BCUT2D eigenvalue weighted by Crippen LogP contribution is -2.09. The molecule has 0 spiro atoms. The molecular formula is C6H10F2O3. The Hall–Kier alpha value is -0.870. The second-order valence-corrected chi connectivity index (χ2v) is 1.71. The molecule has 11 heavy (non-hydrogen) atoms. The molecule has 0 saturated heterocycles. The SMILES string of the molecule is CCOC(=O)OCCC(F)F. The number of halogens is 2. The highest BCUT2D eigenvalue weighted by Crippen LogP contribution is 1.99. The first-order valence-electron chi connectivity index (χ1n) is 3.24. The predicted octanol–water partition coefficient (Wildman–Crippen LogP) is 1.81. The van der Waals surface area contributed by atoms with Gasteiger partial charge in [-0.3, -0.25) is 0 Å². The van der Waals surface area contributed by atoms with Crippen LogP contribution in [0.4, 0.5) is 13.6 Å². The second-order valence-electron chi connectivity index (χ2n) is 1.71. The van der Waals surface area contributed by atoms with Gasteiger partial charge in [-0.1, -0.05) is 0 Å². The maximum absolute atomic E-state index is 11.4. The fourth-order valence-corrected chi connectivity index (χ4v) is 0.391. The Kier molecular flexibility index (Phi) is 5.42. The van der Waals surface area contributed by atoms with Gasteiger partial charge in [0.05, 0.1) is 6.61 Å². The molecule has 0 N–H and O–H groups in total. The molecule has 0 atom stereocenters. The van der Waals surface area contributed by atoms with E-state index < -0.39 is 19.0 Å². The molecule has 0 saturated carbocycles. The van der Waals surface area contributed by atoms with Crippen LogP contribution in [0.5, 0.6) is 0 Å². The fourth-order valence-electron chi connectivity index (χ4n) is 0.391. The molecule has 0 aromatic heterocycles. The molecule has 0 aromatic carbocycles. The van der Waals surface area contributed by atoms with Gasteiger partial charge in [0, 0.05) is 6.42 Å². The van der Waals surface area contributed by atoms with Gasteiger partial charge >= 0.3 is 6.16 Å². The van der Waals surface area contributed by atoms with E-state index in [0.29, 0.717) is 0 Å². The monoisotopic (exact) mass is 168 g/mol. The molecule has 0 fully saturated rings. The molecule has 0 aliphatic rings. The van der Waals surface area contributed by atoms with Crippen LogP contribution in [-0.2, 0) is 9.47 Å². The molecular weight excluding hydrogens is 158 g/mol. The van der Waals surface area contributed by atoms with Crippen molar-refractivity contribution in [3.05, 3.63) is 0 Å². The number of hydrogen-bond donors (Lipinski definition) is 0. The highest BCUT2D eigenvalue weighted by Gasteiger charge is 2.05. The molecule has 0 amide bonds. The largest absolute Gasteiger partial charge is 0.508 e. The minimum Gasteiger partial charge on any atom is -0.435 e. The molecule has 0 heterocycles. The summed E-state index contributed by atoms with van der Waals surface area (Å²) in [6, 6.07) is 0. The van der Waals surface area contributed by atoms with Crippen molar-refractivity contribution in [2.75, 3.05) is 13.2 Å². The van der Waals surface area contributed by atoms with Crippen LogP contribution in [0, 0.1) is 0 Å². The van der Waals surface area contributed by atoms with Crippen LogP contribution in [0.25, 0.3) is 0 Å². The third-order valence-corrected chi connectivity index (χ3v) is 0.818. The lowest BCUT2D eigenvalue weighted by molar-refractivity contribution is 0.0406. The Balaban J connectivity index is 3.17. The topological polar surface area (TPSA) is 35.5 Å². The first kappa shape index (κ1) is 10.1.